The van der Waals surface area contributed by atoms with Crippen molar-refractivity contribution in [1.82, 2.24) is 5.32 Å². The standard InChI is InChI=1S/C13H27NO/c1-5-9-15-10-8-13(14-7-3)11-12(4)6-2/h13-14H,4-11H2,1-3H3. The molecule has 1 atom stereocenters. The van der Waals surface area contributed by atoms with Crippen molar-refractivity contribution in [2.24, 2.45) is 0 Å². The van der Waals surface area contributed by atoms with E-state index in [4.69, 9.17) is 4.74 Å². The largest absolute Gasteiger partial charge is 0.381 e. The second-order valence-corrected chi connectivity index (χ2v) is 3.96. The van der Waals surface area contributed by atoms with Gasteiger partial charge in [-0.1, -0.05) is 32.9 Å². The van der Waals surface area contributed by atoms with Gasteiger partial charge in [0.15, 0.2) is 0 Å². The molecule has 1 unspecified atom stereocenters. The summed E-state index contributed by atoms with van der Waals surface area (Å²) in [5.41, 5.74) is 1.33. The molecule has 0 saturated heterocycles. The van der Waals surface area contributed by atoms with Crippen LogP contribution in [0.15, 0.2) is 12.2 Å². The van der Waals surface area contributed by atoms with Gasteiger partial charge in [0.05, 0.1) is 0 Å². The molecule has 1 N–H and O–H groups in total. The molecular formula is C13H27NO. The van der Waals surface area contributed by atoms with Gasteiger partial charge in [-0.2, -0.15) is 0 Å². The summed E-state index contributed by atoms with van der Waals surface area (Å²) < 4.78 is 5.51. The number of hydrogen-bond acceptors (Lipinski definition) is 2. The summed E-state index contributed by atoms with van der Waals surface area (Å²) in [6.45, 7) is 13.3. The average molecular weight is 213 g/mol. The Kier molecular flexibility index (Phi) is 9.96. The molecular weight excluding hydrogens is 186 g/mol. The lowest BCUT2D eigenvalue weighted by Gasteiger charge is -2.18. The number of nitrogens with one attached hydrogen (secondary N) is 1. The Bertz CT molecular complexity index is 157. The first-order chi connectivity index (χ1) is 7.24. The highest BCUT2D eigenvalue weighted by atomic mass is 16.5. The summed E-state index contributed by atoms with van der Waals surface area (Å²) in [5, 5.41) is 3.48. The van der Waals surface area contributed by atoms with Crippen molar-refractivity contribution in [2.75, 3.05) is 19.8 Å². The zero-order chi connectivity index (χ0) is 11.5. The summed E-state index contributed by atoms with van der Waals surface area (Å²) in [4.78, 5) is 0. The van der Waals surface area contributed by atoms with E-state index in [0.29, 0.717) is 6.04 Å². The van der Waals surface area contributed by atoms with Gasteiger partial charge in [0.1, 0.15) is 0 Å². The minimum absolute atomic E-state index is 0.541. The van der Waals surface area contributed by atoms with E-state index in [0.717, 1.165) is 45.4 Å². The lowest BCUT2D eigenvalue weighted by Crippen LogP contribution is -2.30. The van der Waals surface area contributed by atoms with Crippen molar-refractivity contribution in [3.05, 3.63) is 12.2 Å². The maximum Gasteiger partial charge on any atom is 0.0480 e. The monoisotopic (exact) mass is 213 g/mol. The van der Waals surface area contributed by atoms with Crippen LogP contribution in [-0.2, 0) is 4.74 Å². The van der Waals surface area contributed by atoms with Crippen molar-refractivity contribution in [3.8, 4) is 0 Å². The van der Waals surface area contributed by atoms with Gasteiger partial charge in [-0.05, 0) is 32.2 Å². The molecule has 2 heteroatoms. The molecule has 0 aromatic rings. The topological polar surface area (TPSA) is 21.3 Å². The molecule has 0 aliphatic carbocycles. The third kappa shape index (κ3) is 8.64. The molecule has 0 aromatic heterocycles. The van der Waals surface area contributed by atoms with Crippen molar-refractivity contribution < 1.29 is 4.74 Å². The lowest BCUT2D eigenvalue weighted by molar-refractivity contribution is 0.124. The maximum absolute atomic E-state index is 5.51. The van der Waals surface area contributed by atoms with E-state index >= 15 is 0 Å². The van der Waals surface area contributed by atoms with E-state index in [-0.39, 0.29) is 0 Å². The van der Waals surface area contributed by atoms with Crippen LogP contribution >= 0.6 is 0 Å². The van der Waals surface area contributed by atoms with Gasteiger partial charge in [0.25, 0.3) is 0 Å². The first-order valence-corrected chi connectivity index (χ1v) is 6.22. The van der Waals surface area contributed by atoms with Gasteiger partial charge in [-0.25, -0.2) is 0 Å². The molecule has 2 nitrogen and oxygen atoms in total. The Hall–Kier alpha value is -0.340. The predicted octanol–water partition coefficient (Wildman–Crippen LogP) is 3.14. The smallest absolute Gasteiger partial charge is 0.0480 e. The van der Waals surface area contributed by atoms with Gasteiger partial charge in [0, 0.05) is 19.3 Å². The molecule has 0 rings (SSSR count). The van der Waals surface area contributed by atoms with Crippen LogP contribution in [0.3, 0.4) is 0 Å². The molecule has 0 amide bonds. The minimum atomic E-state index is 0.541. The zero-order valence-electron chi connectivity index (χ0n) is 10.6. The molecule has 0 spiro atoms. The van der Waals surface area contributed by atoms with Crippen LogP contribution < -0.4 is 5.32 Å². The minimum Gasteiger partial charge on any atom is -0.381 e. The molecule has 0 heterocycles. The van der Waals surface area contributed by atoms with Crippen molar-refractivity contribution in [3.63, 3.8) is 0 Å². The second kappa shape index (κ2) is 10.2. The van der Waals surface area contributed by atoms with Gasteiger partial charge >= 0.3 is 0 Å². The van der Waals surface area contributed by atoms with Gasteiger partial charge in [-0.15, -0.1) is 0 Å². The van der Waals surface area contributed by atoms with E-state index in [1.807, 2.05) is 0 Å². The summed E-state index contributed by atoms with van der Waals surface area (Å²) in [6.07, 6.45) is 4.36. The van der Waals surface area contributed by atoms with Crippen LogP contribution in [0.1, 0.15) is 46.5 Å². The number of ether oxygens (including phenoxy) is 1. The Morgan fingerprint density at radius 2 is 2.00 bits per heavy atom. The highest BCUT2D eigenvalue weighted by Crippen LogP contribution is 2.09. The average Bonchev–Trinajstić information content (AvgIpc) is 2.24. The highest BCUT2D eigenvalue weighted by Gasteiger charge is 2.07. The Balaban J connectivity index is 3.67. The van der Waals surface area contributed by atoms with Crippen LogP contribution in [-0.4, -0.2) is 25.8 Å². The quantitative estimate of drug-likeness (QED) is 0.444. The molecule has 0 bridgehead atoms. The second-order valence-electron chi connectivity index (χ2n) is 3.96. The lowest BCUT2D eigenvalue weighted by atomic mass is 10.0. The summed E-state index contributed by atoms with van der Waals surface area (Å²) >= 11 is 0. The SMILES string of the molecule is C=C(CC)CC(CCOCCC)NCC. The number of rotatable bonds is 10. The van der Waals surface area contributed by atoms with Crippen LogP contribution in [0.5, 0.6) is 0 Å². The number of hydrogen-bond donors (Lipinski definition) is 1. The fourth-order valence-electron chi connectivity index (χ4n) is 1.53. The van der Waals surface area contributed by atoms with Crippen LogP contribution in [0, 0.1) is 0 Å². The Morgan fingerprint density at radius 3 is 2.53 bits per heavy atom. The fourth-order valence-corrected chi connectivity index (χ4v) is 1.53. The van der Waals surface area contributed by atoms with Crippen molar-refractivity contribution in [1.29, 1.82) is 0 Å². The molecule has 0 saturated carbocycles. The van der Waals surface area contributed by atoms with E-state index in [9.17, 15) is 0 Å². The van der Waals surface area contributed by atoms with Gasteiger partial charge in [-0.3, -0.25) is 0 Å². The van der Waals surface area contributed by atoms with E-state index in [1.54, 1.807) is 0 Å². The third-order valence-electron chi connectivity index (χ3n) is 2.49. The molecule has 0 radical (unpaired) electrons. The van der Waals surface area contributed by atoms with E-state index in [1.165, 1.54) is 5.57 Å². The summed E-state index contributed by atoms with van der Waals surface area (Å²) in [5.74, 6) is 0. The zero-order valence-corrected chi connectivity index (χ0v) is 10.6. The molecule has 0 aromatic carbocycles. The molecule has 15 heavy (non-hydrogen) atoms. The molecule has 0 fully saturated rings. The molecule has 0 aliphatic heterocycles. The van der Waals surface area contributed by atoms with Crippen LogP contribution in [0.4, 0.5) is 0 Å². The summed E-state index contributed by atoms with van der Waals surface area (Å²) in [7, 11) is 0. The predicted molar refractivity (Wildman–Crippen MR) is 67.2 cm³/mol. The van der Waals surface area contributed by atoms with Crippen LogP contribution in [0.25, 0.3) is 0 Å². The highest BCUT2D eigenvalue weighted by molar-refractivity contribution is 4.96. The van der Waals surface area contributed by atoms with Gasteiger partial charge in [0.2, 0.25) is 0 Å². The molecule has 90 valence electrons. The maximum atomic E-state index is 5.51. The van der Waals surface area contributed by atoms with Gasteiger partial charge < -0.3 is 10.1 Å². The van der Waals surface area contributed by atoms with Crippen molar-refractivity contribution >= 4 is 0 Å². The fraction of sp³-hybridized carbons (Fsp3) is 0.846. The molecule has 0 aliphatic rings. The van der Waals surface area contributed by atoms with Crippen molar-refractivity contribution in [2.45, 2.75) is 52.5 Å². The van der Waals surface area contributed by atoms with Crippen LogP contribution in [0.2, 0.25) is 0 Å². The Morgan fingerprint density at radius 1 is 1.27 bits per heavy atom. The Labute approximate surface area is 95.1 Å². The normalized spacial score (nSPS) is 12.7. The first kappa shape index (κ1) is 14.7. The first-order valence-electron chi connectivity index (χ1n) is 6.22. The van der Waals surface area contributed by atoms with E-state index < -0.39 is 0 Å². The van der Waals surface area contributed by atoms with E-state index in [2.05, 4.69) is 32.7 Å². The third-order valence-corrected chi connectivity index (χ3v) is 2.49. The summed E-state index contributed by atoms with van der Waals surface area (Å²) in [6, 6.07) is 0.541.